The van der Waals surface area contributed by atoms with Crippen LogP contribution < -0.4 is 10.1 Å². The van der Waals surface area contributed by atoms with E-state index < -0.39 is 6.16 Å². The van der Waals surface area contributed by atoms with Gasteiger partial charge in [-0.2, -0.15) is 0 Å². The average Bonchev–Trinajstić information content (AvgIpc) is 2.50. The van der Waals surface area contributed by atoms with Crippen LogP contribution in [0, 0.1) is 0 Å². The number of aliphatic hydroxyl groups is 1. The van der Waals surface area contributed by atoms with Crippen LogP contribution in [-0.2, 0) is 9.47 Å². The van der Waals surface area contributed by atoms with E-state index in [9.17, 15) is 9.59 Å². The minimum absolute atomic E-state index is 0.119. The Morgan fingerprint density at radius 2 is 1.90 bits per heavy atom. The average molecular weight is 297 g/mol. The van der Waals surface area contributed by atoms with Gasteiger partial charge in [-0.25, -0.2) is 4.79 Å². The third-order valence-corrected chi connectivity index (χ3v) is 2.37. The van der Waals surface area contributed by atoms with Crippen molar-refractivity contribution in [3.8, 4) is 5.75 Å². The first-order valence-corrected chi connectivity index (χ1v) is 6.58. The topological polar surface area (TPSA) is 94.1 Å². The molecule has 0 saturated heterocycles. The van der Waals surface area contributed by atoms with Gasteiger partial charge < -0.3 is 24.6 Å². The minimum atomic E-state index is -0.827. The second-order valence-corrected chi connectivity index (χ2v) is 3.90. The quantitative estimate of drug-likeness (QED) is 0.422. The fourth-order valence-electron chi connectivity index (χ4n) is 1.40. The monoisotopic (exact) mass is 297 g/mol. The molecule has 0 aliphatic heterocycles. The summed E-state index contributed by atoms with van der Waals surface area (Å²) < 4.78 is 14.7. The van der Waals surface area contributed by atoms with Crippen LogP contribution in [-0.4, -0.2) is 50.1 Å². The number of carbonyl (C=O) groups excluding carboxylic acids is 2. The third kappa shape index (κ3) is 6.73. The summed E-state index contributed by atoms with van der Waals surface area (Å²) in [6.07, 6.45) is -0.827. The Labute approximate surface area is 122 Å². The summed E-state index contributed by atoms with van der Waals surface area (Å²) >= 11 is 0. The zero-order chi connectivity index (χ0) is 15.5. The number of nitrogens with one attached hydrogen (secondary N) is 1. The Balaban J connectivity index is 2.39. The van der Waals surface area contributed by atoms with Crippen molar-refractivity contribution in [2.45, 2.75) is 6.92 Å². The molecule has 2 N–H and O–H groups in total. The molecule has 7 heteroatoms. The molecule has 0 radical (unpaired) electrons. The molecule has 0 saturated carbocycles. The highest BCUT2D eigenvalue weighted by atomic mass is 16.7. The molecule has 0 spiro atoms. The zero-order valence-corrected chi connectivity index (χ0v) is 11.8. The highest BCUT2D eigenvalue weighted by Crippen LogP contribution is 2.12. The van der Waals surface area contributed by atoms with Gasteiger partial charge in [0.2, 0.25) is 0 Å². The highest BCUT2D eigenvalue weighted by molar-refractivity contribution is 5.94. The lowest BCUT2D eigenvalue weighted by Crippen LogP contribution is -2.26. The standard InChI is InChI=1S/C14H19NO6/c1-2-19-9-10-20-14(18)21-12-5-3-11(4-6-12)13(17)15-7-8-16/h3-6,16H,2,7-10H2,1H3,(H,15,17). The highest BCUT2D eigenvalue weighted by Gasteiger charge is 2.08. The molecule has 7 nitrogen and oxygen atoms in total. The molecule has 0 fully saturated rings. The van der Waals surface area contributed by atoms with Crippen LogP contribution in [0.5, 0.6) is 5.75 Å². The summed E-state index contributed by atoms with van der Waals surface area (Å²) in [6, 6.07) is 5.99. The van der Waals surface area contributed by atoms with Crippen molar-refractivity contribution in [3.05, 3.63) is 29.8 Å². The first-order chi connectivity index (χ1) is 10.2. The molecular formula is C14H19NO6. The lowest BCUT2D eigenvalue weighted by atomic mass is 10.2. The third-order valence-electron chi connectivity index (χ3n) is 2.37. The lowest BCUT2D eigenvalue weighted by Gasteiger charge is -2.07. The molecule has 1 amide bonds. The van der Waals surface area contributed by atoms with Gasteiger partial charge in [0.05, 0.1) is 13.2 Å². The maximum Gasteiger partial charge on any atom is 0.513 e. The molecule has 21 heavy (non-hydrogen) atoms. The first-order valence-electron chi connectivity index (χ1n) is 6.58. The second kappa shape index (κ2) is 9.73. The first kappa shape index (κ1) is 16.9. The molecule has 1 aromatic carbocycles. The van der Waals surface area contributed by atoms with Crippen LogP contribution >= 0.6 is 0 Å². The summed E-state index contributed by atoms with van der Waals surface area (Å²) in [5.74, 6) is -0.0370. The Kier molecular flexibility index (Phi) is 7.85. The summed E-state index contributed by atoms with van der Waals surface area (Å²) in [4.78, 5) is 22.9. The van der Waals surface area contributed by atoms with Crippen molar-refractivity contribution in [2.75, 3.05) is 33.0 Å². The van der Waals surface area contributed by atoms with Gasteiger partial charge in [0, 0.05) is 18.7 Å². The summed E-state index contributed by atoms with van der Waals surface area (Å²) in [6.45, 7) is 2.89. The predicted octanol–water partition coefficient (Wildman–Crippen LogP) is 0.961. The van der Waals surface area contributed by atoms with E-state index in [1.54, 1.807) is 0 Å². The van der Waals surface area contributed by atoms with Gasteiger partial charge in [0.15, 0.2) is 0 Å². The fraction of sp³-hybridized carbons (Fsp3) is 0.429. The van der Waals surface area contributed by atoms with Crippen LogP contribution in [0.15, 0.2) is 24.3 Å². The number of hydrogen-bond acceptors (Lipinski definition) is 6. The molecule has 0 atom stereocenters. The van der Waals surface area contributed by atoms with Gasteiger partial charge >= 0.3 is 6.16 Å². The molecule has 1 aromatic rings. The lowest BCUT2D eigenvalue weighted by molar-refractivity contribution is 0.0560. The van der Waals surface area contributed by atoms with Crippen LogP contribution in [0.3, 0.4) is 0 Å². The van der Waals surface area contributed by atoms with Crippen molar-refractivity contribution in [2.24, 2.45) is 0 Å². The Morgan fingerprint density at radius 3 is 2.52 bits per heavy atom. The van der Waals surface area contributed by atoms with Gasteiger partial charge in [-0.3, -0.25) is 4.79 Å². The SMILES string of the molecule is CCOCCOC(=O)Oc1ccc(C(=O)NCCO)cc1. The molecular weight excluding hydrogens is 278 g/mol. The van der Waals surface area contributed by atoms with E-state index in [2.05, 4.69) is 5.32 Å². The molecule has 0 aliphatic rings. The predicted molar refractivity (Wildman–Crippen MR) is 74.3 cm³/mol. The summed E-state index contributed by atoms with van der Waals surface area (Å²) in [5.41, 5.74) is 0.403. The number of benzene rings is 1. The number of ether oxygens (including phenoxy) is 3. The number of hydrogen-bond donors (Lipinski definition) is 2. The maximum atomic E-state index is 11.6. The molecule has 0 aromatic heterocycles. The van der Waals surface area contributed by atoms with E-state index in [4.69, 9.17) is 19.3 Å². The molecule has 0 bridgehead atoms. The molecule has 1 rings (SSSR count). The molecule has 0 unspecified atom stereocenters. The normalized spacial score (nSPS) is 10.0. The van der Waals surface area contributed by atoms with Crippen LogP contribution in [0.1, 0.15) is 17.3 Å². The smallest absolute Gasteiger partial charge is 0.432 e. The maximum absolute atomic E-state index is 11.6. The molecule has 116 valence electrons. The van der Waals surface area contributed by atoms with Gasteiger partial charge in [-0.1, -0.05) is 0 Å². The van der Waals surface area contributed by atoms with E-state index in [0.717, 1.165) is 0 Å². The van der Waals surface area contributed by atoms with Gasteiger partial charge in [0.1, 0.15) is 12.4 Å². The van der Waals surface area contributed by atoms with E-state index in [-0.39, 0.29) is 31.4 Å². The van der Waals surface area contributed by atoms with E-state index in [1.807, 2.05) is 6.92 Å². The van der Waals surface area contributed by atoms with Crippen LogP contribution in [0.2, 0.25) is 0 Å². The Morgan fingerprint density at radius 1 is 1.19 bits per heavy atom. The van der Waals surface area contributed by atoms with E-state index in [0.29, 0.717) is 18.8 Å². The Hall–Kier alpha value is -2.12. The zero-order valence-electron chi connectivity index (χ0n) is 11.8. The van der Waals surface area contributed by atoms with Crippen molar-refractivity contribution < 1.29 is 28.9 Å². The van der Waals surface area contributed by atoms with Gasteiger partial charge in [-0.05, 0) is 31.2 Å². The summed E-state index contributed by atoms with van der Waals surface area (Å²) in [5, 5.41) is 11.1. The van der Waals surface area contributed by atoms with E-state index >= 15 is 0 Å². The van der Waals surface area contributed by atoms with Crippen molar-refractivity contribution in [1.29, 1.82) is 0 Å². The molecule has 0 heterocycles. The number of carbonyl (C=O) groups is 2. The largest absolute Gasteiger partial charge is 0.513 e. The van der Waals surface area contributed by atoms with Crippen molar-refractivity contribution in [3.63, 3.8) is 0 Å². The van der Waals surface area contributed by atoms with Crippen molar-refractivity contribution >= 4 is 12.1 Å². The number of rotatable bonds is 8. The fourth-order valence-corrected chi connectivity index (χ4v) is 1.40. The minimum Gasteiger partial charge on any atom is -0.432 e. The number of amides is 1. The molecule has 0 aliphatic carbocycles. The van der Waals surface area contributed by atoms with Gasteiger partial charge in [0.25, 0.3) is 5.91 Å². The van der Waals surface area contributed by atoms with E-state index in [1.165, 1.54) is 24.3 Å². The Bertz CT molecular complexity index is 445. The van der Waals surface area contributed by atoms with Crippen LogP contribution in [0.25, 0.3) is 0 Å². The van der Waals surface area contributed by atoms with Crippen LogP contribution in [0.4, 0.5) is 4.79 Å². The number of aliphatic hydroxyl groups excluding tert-OH is 1. The van der Waals surface area contributed by atoms with Gasteiger partial charge in [-0.15, -0.1) is 0 Å². The van der Waals surface area contributed by atoms with Crippen molar-refractivity contribution in [1.82, 2.24) is 5.32 Å². The second-order valence-electron chi connectivity index (χ2n) is 3.90. The summed E-state index contributed by atoms with van der Waals surface area (Å²) in [7, 11) is 0.